The van der Waals surface area contributed by atoms with Crippen molar-refractivity contribution in [2.45, 2.75) is 51.2 Å². The Bertz CT molecular complexity index is 927. The topological polar surface area (TPSA) is 61.7 Å². The summed E-state index contributed by atoms with van der Waals surface area (Å²) in [5.74, 6) is 0.244. The third kappa shape index (κ3) is 4.24. The Labute approximate surface area is 183 Å². The second-order valence-electron chi connectivity index (χ2n) is 8.98. The normalized spacial score (nSPS) is 20.7. The summed E-state index contributed by atoms with van der Waals surface area (Å²) < 4.78 is 1.84. The molecule has 2 aromatic rings. The number of carbonyl (C=O) groups is 2. The van der Waals surface area contributed by atoms with Gasteiger partial charge in [0.25, 0.3) is 11.8 Å². The highest BCUT2D eigenvalue weighted by atomic mass is 16.2. The van der Waals surface area contributed by atoms with E-state index in [1.54, 1.807) is 6.20 Å². The maximum absolute atomic E-state index is 13.1. The molecule has 2 amide bonds. The number of amides is 2. The standard InChI is InChI=1S/C24H31N5O2/c30-23(27-13-9-20(10-14-27)26-11-5-2-6-12-26)21-18-28-15-16-29(24(31)22(28)25-21)17-19-7-3-1-4-8-19/h1,3-4,7-8,18,20H,2,5-6,9-17H2. The zero-order valence-electron chi connectivity index (χ0n) is 18.1. The van der Waals surface area contributed by atoms with Crippen LogP contribution >= 0.6 is 0 Å². The summed E-state index contributed by atoms with van der Waals surface area (Å²) in [6.07, 6.45) is 7.78. The van der Waals surface area contributed by atoms with Gasteiger partial charge in [-0.05, 0) is 44.3 Å². The molecule has 1 aromatic heterocycles. The van der Waals surface area contributed by atoms with Crippen LogP contribution in [-0.2, 0) is 13.1 Å². The monoisotopic (exact) mass is 421 g/mol. The van der Waals surface area contributed by atoms with Crippen LogP contribution in [0.3, 0.4) is 0 Å². The zero-order valence-corrected chi connectivity index (χ0v) is 18.1. The van der Waals surface area contributed by atoms with Crippen molar-refractivity contribution < 1.29 is 9.59 Å². The second kappa shape index (κ2) is 8.83. The van der Waals surface area contributed by atoms with Crippen LogP contribution in [0.4, 0.5) is 0 Å². The molecule has 1 aromatic carbocycles. The summed E-state index contributed by atoms with van der Waals surface area (Å²) in [6.45, 7) is 5.82. The minimum Gasteiger partial charge on any atom is -0.337 e. The van der Waals surface area contributed by atoms with Gasteiger partial charge in [0.2, 0.25) is 0 Å². The van der Waals surface area contributed by atoms with E-state index in [1.165, 1.54) is 32.4 Å². The smallest absolute Gasteiger partial charge is 0.290 e. The molecular formula is C24H31N5O2. The van der Waals surface area contributed by atoms with Crippen molar-refractivity contribution >= 4 is 11.8 Å². The van der Waals surface area contributed by atoms with Crippen LogP contribution in [0.25, 0.3) is 0 Å². The minimum absolute atomic E-state index is 0.0404. The van der Waals surface area contributed by atoms with Crippen molar-refractivity contribution in [3.8, 4) is 0 Å². The first-order chi connectivity index (χ1) is 15.2. The van der Waals surface area contributed by atoms with E-state index in [-0.39, 0.29) is 11.8 Å². The average molecular weight is 422 g/mol. The predicted molar refractivity (Wildman–Crippen MR) is 118 cm³/mol. The Morgan fingerprint density at radius 2 is 1.68 bits per heavy atom. The highest BCUT2D eigenvalue weighted by Gasteiger charge is 2.32. The van der Waals surface area contributed by atoms with E-state index in [1.807, 2.05) is 44.7 Å². The number of hydrogen-bond donors (Lipinski definition) is 0. The number of nitrogens with zero attached hydrogens (tertiary/aromatic N) is 5. The van der Waals surface area contributed by atoms with E-state index in [9.17, 15) is 9.59 Å². The van der Waals surface area contributed by atoms with Crippen molar-refractivity contribution in [3.05, 3.63) is 53.6 Å². The molecule has 31 heavy (non-hydrogen) atoms. The van der Waals surface area contributed by atoms with Crippen LogP contribution in [0.2, 0.25) is 0 Å². The molecule has 0 unspecified atom stereocenters. The van der Waals surface area contributed by atoms with Gasteiger partial charge in [0.1, 0.15) is 5.69 Å². The van der Waals surface area contributed by atoms with Crippen molar-refractivity contribution in [3.63, 3.8) is 0 Å². The van der Waals surface area contributed by atoms with Crippen molar-refractivity contribution in [2.24, 2.45) is 0 Å². The maximum Gasteiger partial charge on any atom is 0.290 e. The lowest BCUT2D eigenvalue weighted by Crippen LogP contribution is -2.48. The molecule has 4 heterocycles. The maximum atomic E-state index is 13.1. The van der Waals surface area contributed by atoms with Crippen molar-refractivity contribution in [1.29, 1.82) is 0 Å². The fourth-order valence-corrected chi connectivity index (χ4v) is 5.17. The van der Waals surface area contributed by atoms with E-state index in [0.29, 0.717) is 37.2 Å². The molecule has 5 rings (SSSR count). The highest BCUT2D eigenvalue weighted by molar-refractivity contribution is 5.96. The largest absolute Gasteiger partial charge is 0.337 e. The number of hydrogen-bond acceptors (Lipinski definition) is 4. The predicted octanol–water partition coefficient (Wildman–Crippen LogP) is 2.63. The molecule has 0 atom stereocenters. The van der Waals surface area contributed by atoms with Gasteiger partial charge in [-0.25, -0.2) is 4.98 Å². The van der Waals surface area contributed by atoms with E-state index in [2.05, 4.69) is 9.88 Å². The van der Waals surface area contributed by atoms with Gasteiger partial charge in [-0.3, -0.25) is 9.59 Å². The molecule has 164 valence electrons. The van der Waals surface area contributed by atoms with Crippen LogP contribution in [0.5, 0.6) is 0 Å². The molecule has 2 saturated heterocycles. The SMILES string of the molecule is O=C(c1cn2c(n1)C(=O)N(Cc1ccccc1)CC2)N1CCC(N2CCCCC2)CC1. The van der Waals surface area contributed by atoms with Gasteiger partial charge in [0.05, 0.1) is 0 Å². The van der Waals surface area contributed by atoms with Crippen LogP contribution in [-0.4, -0.2) is 74.8 Å². The first-order valence-electron chi connectivity index (χ1n) is 11.6. The number of imidazole rings is 1. The lowest BCUT2D eigenvalue weighted by atomic mass is 10.00. The molecule has 0 bridgehead atoms. The molecule has 0 spiro atoms. The fraction of sp³-hybridized carbons (Fsp3) is 0.542. The molecule has 7 nitrogen and oxygen atoms in total. The van der Waals surface area contributed by atoms with Gasteiger partial charge in [0, 0.05) is 45.0 Å². The summed E-state index contributed by atoms with van der Waals surface area (Å²) in [4.78, 5) is 36.9. The fourth-order valence-electron chi connectivity index (χ4n) is 5.17. The molecule has 3 aliphatic rings. The molecule has 0 saturated carbocycles. The van der Waals surface area contributed by atoms with Crippen LogP contribution in [0, 0.1) is 0 Å². The van der Waals surface area contributed by atoms with E-state index in [0.717, 1.165) is 31.5 Å². The number of likely N-dealkylation sites (tertiary alicyclic amines) is 2. The summed E-state index contributed by atoms with van der Waals surface area (Å²) >= 11 is 0. The molecule has 0 radical (unpaired) electrons. The quantitative estimate of drug-likeness (QED) is 0.762. The Morgan fingerprint density at radius 1 is 0.935 bits per heavy atom. The number of rotatable bonds is 4. The van der Waals surface area contributed by atoms with Gasteiger partial charge in [0.15, 0.2) is 5.82 Å². The second-order valence-corrected chi connectivity index (χ2v) is 8.98. The van der Waals surface area contributed by atoms with Crippen LogP contribution in [0.15, 0.2) is 36.5 Å². The van der Waals surface area contributed by atoms with Crippen LogP contribution < -0.4 is 0 Å². The Morgan fingerprint density at radius 3 is 2.42 bits per heavy atom. The highest BCUT2D eigenvalue weighted by Crippen LogP contribution is 2.23. The van der Waals surface area contributed by atoms with Crippen molar-refractivity contribution in [2.75, 3.05) is 32.7 Å². The van der Waals surface area contributed by atoms with E-state index < -0.39 is 0 Å². The molecule has 2 fully saturated rings. The first-order valence-corrected chi connectivity index (χ1v) is 11.6. The number of piperidine rings is 2. The summed E-state index contributed by atoms with van der Waals surface area (Å²) in [5.41, 5.74) is 1.50. The Hall–Kier alpha value is -2.67. The summed E-state index contributed by atoms with van der Waals surface area (Å²) in [7, 11) is 0. The average Bonchev–Trinajstić information content (AvgIpc) is 3.27. The summed E-state index contributed by atoms with van der Waals surface area (Å²) in [5, 5.41) is 0. The first kappa shape index (κ1) is 20.2. The molecule has 3 aliphatic heterocycles. The lowest BCUT2D eigenvalue weighted by Gasteiger charge is -2.40. The van der Waals surface area contributed by atoms with Crippen LogP contribution in [0.1, 0.15) is 58.8 Å². The molecular weight excluding hydrogens is 390 g/mol. The summed E-state index contributed by atoms with van der Waals surface area (Å²) in [6, 6.07) is 10.6. The van der Waals surface area contributed by atoms with Gasteiger partial charge in [-0.2, -0.15) is 0 Å². The van der Waals surface area contributed by atoms with E-state index >= 15 is 0 Å². The van der Waals surface area contributed by atoms with Crippen molar-refractivity contribution in [1.82, 2.24) is 24.3 Å². The molecule has 0 N–H and O–H groups in total. The third-order valence-corrected chi connectivity index (χ3v) is 6.96. The number of aromatic nitrogens is 2. The molecule has 7 heteroatoms. The van der Waals surface area contributed by atoms with E-state index in [4.69, 9.17) is 0 Å². The number of benzene rings is 1. The van der Waals surface area contributed by atoms with Gasteiger partial charge < -0.3 is 19.3 Å². The number of carbonyl (C=O) groups excluding carboxylic acids is 2. The Kier molecular flexibility index (Phi) is 5.76. The number of fused-ring (bicyclic) bond motifs is 1. The lowest BCUT2D eigenvalue weighted by molar-refractivity contribution is 0.0585. The van der Waals surface area contributed by atoms with Gasteiger partial charge in [-0.15, -0.1) is 0 Å². The van der Waals surface area contributed by atoms with Gasteiger partial charge >= 0.3 is 0 Å². The van der Waals surface area contributed by atoms with Gasteiger partial charge in [-0.1, -0.05) is 36.8 Å². The Balaban J connectivity index is 1.22. The minimum atomic E-state index is -0.0991. The molecule has 0 aliphatic carbocycles. The zero-order chi connectivity index (χ0) is 21.2. The third-order valence-electron chi connectivity index (χ3n) is 6.96.